The minimum atomic E-state index is -1.02. The highest BCUT2D eigenvalue weighted by Gasteiger charge is 2.25. The molecule has 3 N–H and O–H groups in total. The number of hydrogen-bond donors (Lipinski definition) is 3. The Kier molecular flexibility index (Phi) is 6.51. The molecule has 0 heterocycles. The second kappa shape index (κ2) is 7.89. The van der Waals surface area contributed by atoms with Gasteiger partial charge in [0.15, 0.2) is 0 Å². The van der Waals surface area contributed by atoms with E-state index in [9.17, 15) is 9.59 Å². The average Bonchev–Trinajstić information content (AvgIpc) is 2.42. The fourth-order valence-corrected chi connectivity index (χ4v) is 2.12. The number of halogens is 1. The van der Waals surface area contributed by atoms with E-state index in [2.05, 4.69) is 26.6 Å². The van der Waals surface area contributed by atoms with Crippen LogP contribution in [-0.2, 0) is 11.3 Å². The van der Waals surface area contributed by atoms with Gasteiger partial charge in [-0.15, -0.1) is 0 Å². The Bertz CT molecular complexity index is 479. The lowest BCUT2D eigenvalue weighted by Crippen LogP contribution is -2.48. The molecule has 5 nitrogen and oxygen atoms in total. The Morgan fingerprint density at radius 3 is 2.55 bits per heavy atom. The van der Waals surface area contributed by atoms with Gasteiger partial charge in [-0.2, -0.15) is 0 Å². The Morgan fingerprint density at radius 2 is 2.00 bits per heavy atom. The Balaban J connectivity index is 2.55. The maximum atomic E-state index is 11.8. The summed E-state index contributed by atoms with van der Waals surface area (Å²) in [6.07, 6.45) is 0.682. The second-order valence-corrected chi connectivity index (χ2v) is 5.47. The van der Waals surface area contributed by atoms with E-state index < -0.39 is 18.0 Å². The number of nitrogens with one attached hydrogen (secondary N) is 2. The highest BCUT2D eigenvalue weighted by atomic mass is 79.9. The molecule has 0 aromatic heterocycles. The molecule has 2 unspecified atom stereocenters. The topological polar surface area (TPSA) is 78.4 Å². The molecule has 0 aliphatic heterocycles. The van der Waals surface area contributed by atoms with Crippen LogP contribution in [0.3, 0.4) is 0 Å². The number of aliphatic carboxylic acids is 1. The number of carboxylic acid groups (broad SMARTS) is 1. The van der Waals surface area contributed by atoms with Crippen molar-refractivity contribution in [3.8, 4) is 0 Å². The molecule has 110 valence electrons. The van der Waals surface area contributed by atoms with Crippen molar-refractivity contribution >= 4 is 27.9 Å². The molecule has 0 saturated heterocycles. The molecule has 1 rings (SSSR count). The zero-order valence-electron chi connectivity index (χ0n) is 11.5. The van der Waals surface area contributed by atoms with Crippen LogP contribution in [0.2, 0.25) is 0 Å². The summed E-state index contributed by atoms with van der Waals surface area (Å²) in [4.78, 5) is 22.9. The van der Waals surface area contributed by atoms with Crippen LogP contribution >= 0.6 is 15.9 Å². The summed E-state index contributed by atoms with van der Waals surface area (Å²) in [7, 11) is 0. The van der Waals surface area contributed by atoms with Crippen LogP contribution in [0, 0.1) is 5.92 Å². The standard InChI is InChI=1S/C14H19BrN2O3/c1-3-9(2)12(13(18)19)17-14(20)16-8-10-6-4-5-7-11(10)15/h4-7,9,12H,3,8H2,1-2H3,(H,18,19)(H2,16,17,20). The van der Waals surface area contributed by atoms with E-state index in [0.29, 0.717) is 13.0 Å². The predicted octanol–water partition coefficient (Wildman–Crippen LogP) is 2.75. The summed E-state index contributed by atoms with van der Waals surface area (Å²) >= 11 is 3.39. The summed E-state index contributed by atoms with van der Waals surface area (Å²) in [5.41, 5.74) is 0.929. The third kappa shape index (κ3) is 4.85. The number of benzene rings is 1. The lowest BCUT2D eigenvalue weighted by atomic mass is 9.99. The molecule has 6 heteroatoms. The molecule has 2 atom stereocenters. The molecule has 0 radical (unpaired) electrons. The van der Waals surface area contributed by atoms with E-state index in [1.807, 2.05) is 31.2 Å². The number of hydrogen-bond acceptors (Lipinski definition) is 2. The van der Waals surface area contributed by atoms with Gasteiger partial charge in [0.05, 0.1) is 0 Å². The number of urea groups is 1. The third-order valence-corrected chi connectivity index (χ3v) is 3.94. The molecule has 0 saturated carbocycles. The fraction of sp³-hybridized carbons (Fsp3) is 0.429. The van der Waals surface area contributed by atoms with Gasteiger partial charge in [0.25, 0.3) is 0 Å². The summed E-state index contributed by atoms with van der Waals surface area (Å²) in [6, 6.07) is 6.17. The van der Waals surface area contributed by atoms with Crippen molar-refractivity contribution in [3.63, 3.8) is 0 Å². The monoisotopic (exact) mass is 342 g/mol. The number of carbonyl (C=O) groups excluding carboxylic acids is 1. The maximum Gasteiger partial charge on any atom is 0.326 e. The number of rotatable bonds is 6. The maximum absolute atomic E-state index is 11.8. The first kappa shape index (κ1) is 16.5. The third-order valence-electron chi connectivity index (χ3n) is 3.16. The van der Waals surface area contributed by atoms with Crippen LogP contribution in [-0.4, -0.2) is 23.1 Å². The van der Waals surface area contributed by atoms with Gasteiger partial charge in [-0.1, -0.05) is 54.4 Å². The molecule has 2 amide bonds. The average molecular weight is 343 g/mol. The van der Waals surface area contributed by atoms with Crippen LogP contribution in [0.25, 0.3) is 0 Å². The van der Waals surface area contributed by atoms with E-state index in [4.69, 9.17) is 5.11 Å². The molecule has 1 aromatic rings. The van der Waals surface area contributed by atoms with E-state index in [0.717, 1.165) is 10.0 Å². The first-order valence-corrected chi connectivity index (χ1v) is 7.25. The summed E-state index contributed by atoms with van der Waals surface area (Å²) in [5.74, 6) is -1.14. The number of amides is 2. The van der Waals surface area contributed by atoms with Crippen molar-refractivity contribution in [2.75, 3.05) is 0 Å². The van der Waals surface area contributed by atoms with Crippen LogP contribution in [0.1, 0.15) is 25.8 Å². The van der Waals surface area contributed by atoms with Gasteiger partial charge in [0.2, 0.25) is 0 Å². The van der Waals surface area contributed by atoms with Crippen LogP contribution in [0.15, 0.2) is 28.7 Å². The normalized spacial score (nSPS) is 13.3. The fourth-order valence-electron chi connectivity index (χ4n) is 1.69. The van der Waals surface area contributed by atoms with Gasteiger partial charge in [-0.3, -0.25) is 0 Å². The van der Waals surface area contributed by atoms with Crippen molar-refractivity contribution in [2.45, 2.75) is 32.9 Å². The first-order chi connectivity index (χ1) is 9.45. The molecular weight excluding hydrogens is 324 g/mol. The Morgan fingerprint density at radius 1 is 1.35 bits per heavy atom. The van der Waals surface area contributed by atoms with Gasteiger partial charge < -0.3 is 15.7 Å². The zero-order valence-corrected chi connectivity index (χ0v) is 13.1. The quantitative estimate of drug-likeness (QED) is 0.743. The number of carbonyl (C=O) groups is 2. The largest absolute Gasteiger partial charge is 0.480 e. The molecule has 20 heavy (non-hydrogen) atoms. The molecule has 0 aliphatic rings. The summed E-state index contributed by atoms with van der Waals surface area (Å²) in [6.45, 7) is 4.02. The van der Waals surface area contributed by atoms with Crippen LogP contribution in [0.5, 0.6) is 0 Å². The van der Waals surface area contributed by atoms with Gasteiger partial charge >= 0.3 is 12.0 Å². The van der Waals surface area contributed by atoms with Gasteiger partial charge in [0.1, 0.15) is 6.04 Å². The highest BCUT2D eigenvalue weighted by molar-refractivity contribution is 9.10. The highest BCUT2D eigenvalue weighted by Crippen LogP contribution is 2.15. The summed E-state index contributed by atoms with van der Waals surface area (Å²) in [5, 5.41) is 14.3. The van der Waals surface area contributed by atoms with Crippen molar-refractivity contribution in [3.05, 3.63) is 34.3 Å². The van der Waals surface area contributed by atoms with E-state index in [1.54, 1.807) is 6.92 Å². The first-order valence-electron chi connectivity index (χ1n) is 6.46. The van der Waals surface area contributed by atoms with Gasteiger partial charge in [-0.25, -0.2) is 9.59 Å². The Labute approximate surface area is 126 Å². The molecular formula is C14H19BrN2O3. The summed E-state index contributed by atoms with van der Waals surface area (Å²) < 4.78 is 0.900. The zero-order chi connectivity index (χ0) is 15.1. The van der Waals surface area contributed by atoms with Crippen LogP contribution < -0.4 is 10.6 Å². The van der Waals surface area contributed by atoms with Crippen molar-refractivity contribution < 1.29 is 14.7 Å². The number of carboxylic acids is 1. The lowest BCUT2D eigenvalue weighted by Gasteiger charge is -2.20. The van der Waals surface area contributed by atoms with Gasteiger partial charge in [-0.05, 0) is 17.5 Å². The molecule has 1 aromatic carbocycles. The van der Waals surface area contributed by atoms with E-state index in [1.165, 1.54) is 0 Å². The molecule has 0 fully saturated rings. The molecule has 0 aliphatic carbocycles. The van der Waals surface area contributed by atoms with E-state index >= 15 is 0 Å². The minimum absolute atomic E-state index is 0.123. The smallest absolute Gasteiger partial charge is 0.326 e. The Hall–Kier alpha value is -1.56. The van der Waals surface area contributed by atoms with Crippen LogP contribution in [0.4, 0.5) is 4.79 Å². The van der Waals surface area contributed by atoms with Crippen molar-refractivity contribution in [1.29, 1.82) is 0 Å². The second-order valence-electron chi connectivity index (χ2n) is 4.62. The molecule has 0 spiro atoms. The predicted molar refractivity (Wildman–Crippen MR) is 80.4 cm³/mol. The molecule has 0 bridgehead atoms. The van der Waals surface area contributed by atoms with Crippen molar-refractivity contribution in [2.24, 2.45) is 5.92 Å². The van der Waals surface area contributed by atoms with E-state index in [-0.39, 0.29) is 5.92 Å². The van der Waals surface area contributed by atoms with Gasteiger partial charge in [0, 0.05) is 11.0 Å². The van der Waals surface area contributed by atoms with Crippen molar-refractivity contribution in [1.82, 2.24) is 10.6 Å². The minimum Gasteiger partial charge on any atom is -0.480 e. The lowest BCUT2D eigenvalue weighted by molar-refractivity contribution is -0.140. The SMILES string of the molecule is CCC(C)C(NC(=O)NCc1ccccc1Br)C(=O)O.